The summed E-state index contributed by atoms with van der Waals surface area (Å²) < 4.78 is 7.77. The van der Waals surface area contributed by atoms with Crippen LogP contribution < -0.4 is 15.4 Å². The molecule has 7 heteroatoms. The average Bonchev–Trinajstić information content (AvgIpc) is 3.32. The van der Waals surface area contributed by atoms with Gasteiger partial charge in [0.1, 0.15) is 24.7 Å². The maximum absolute atomic E-state index is 13.5. The van der Waals surface area contributed by atoms with Crippen LogP contribution in [0, 0.1) is 6.92 Å². The minimum Gasteiger partial charge on any atom is -0.489 e. The van der Waals surface area contributed by atoms with Crippen molar-refractivity contribution < 1.29 is 9.53 Å². The molecule has 0 saturated heterocycles. The summed E-state index contributed by atoms with van der Waals surface area (Å²) in [7, 11) is 0. The molecule has 0 unspecified atom stereocenters. The van der Waals surface area contributed by atoms with E-state index in [1.165, 1.54) is 6.33 Å². The standard InChI is InChI=1S/C27H25N5O2/c1-18-11-13-22(14-12-18)31-26(33)24-19(2)30-27-28-17-29-32(27)25(24)21-9-6-10-23(15-21)34-16-20-7-4-3-5-8-20/h3-15,17,25H,16H2,1-2H3,(H,31,33)(H,28,29,30)/t25-/m0/s1. The molecular formula is C27H25N5O2. The molecule has 1 amide bonds. The molecule has 0 radical (unpaired) electrons. The predicted octanol–water partition coefficient (Wildman–Crippen LogP) is 5.09. The Morgan fingerprint density at radius 2 is 1.82 bits per heavy atom. The number of carbonyl (C=O) groups is 1. The third-order valence-corrected chi connectivity index (χ3v) is 5.77. The lowest BCUT2D eigenvalue weighted by molar-refractivity contribution is -0.113. The zero-order valence-electron chi connectivity index (χ0n) is 19.0. The molecule has 5 rings (SSSR count). The Kier molecular flexibility index (Phi) is 5.82. The maximum Gasteiger partial charge on any atom is 0.255 e. The summed E-state index contributed by atoms with van der Waals surface area (Å²) in [5.74, 6) is 1.11. The molecule has 0 fully saturated rings. The summed E-state index contributed by atoms with van der Waals surface area (Å²) in [5, 5.41) is 10.6. The van der Waals surface area contributed by atoms with E-state index in [9.17, 15) is 4.79 Å². The van der Waals surface area contributed by atoms with Gasteiger partial charge in [-0.15, -0.1) is 0 Å². The van der Waals surface area contributed by atoms with Gasteiger partial charge in [0.2, 0.25) is 5.95 Å². The summed E-state index contributed by atoms with van der Waals surface area (Å²) >= 11 is 0. The van der Waals surface area contributed by atoms with Gasteiger partial charge in [0, 0.05) is 11.4 Å². The molecule has 2 heterocycles. The third kappa shape index (κ3) is 4.41. The van der Waals surface area contributed by atoms with Gasteiger partial charge in [-0.2, -0.15) is 10.1 Å². The second kappa shape index (κ2) is 9.23. The minimum atomic E-state index is -0.454. The van der Waals surface area contributed by atoms with Crippen molar-refractivity contribution in [1.29, 1.82) is 0 Å². The van der Waals surface area contributed by atoms with Crippen molar-refractivity contribution in [2.24, 2.45) is 0 Å². The number of allylic oxidation sites excluding steroid dienone is 1. The van der Waals surface area contributed by atoms with Crippen LogP contribution in [0.1, 0.15) is 29.7 Å². The monoisotopic (exact) mass is 451 g/mol. The molecule has 0 spiro atoms. The Morgan fingerprint density at radius 3 is 2.62 bits per heavy atom. The maximum atomic E-state index is 13.5. The van der Waals surface area contributed by atoms with E-state index in [1.807, 2.05) is 92.7 Å². The predicted molar refractivity (Wildman–Crippen MR) is 132 cm³/mol. The summed E-state index contributed by atoms with van der Waals surface area (Å²) in [6.07, 6.45) is 1.49. The second-order valence-electron chi connectivity index (χ2n) is 8.26. The quantitative estimate of drug-likeness (QED) is 0.427. The molecule has 7 nitrogen and oxygen atoms in total. The van der Waals surface area contributed by atoms with Crippen LogP contribution in [-0.2, 0) is 11.4 Å². The van der Waals surface area contributed by atoms with E-state index in [1.54, 1.807) is 4.68 Å². The van der Waals surface area contributed by atoms with Crippen LogP contribution in [0.2, 0.25) is 0 Å². The van der Waals surface area contributed by atoms with Gasteiger partial charge in [0.15, 0.2) is 0 Å². The molecule has 1 aliphatic heterocycles. The summed E-state index contributed by atoms with van der Waals surface area (Å²) in [6, 6.07) is 25.1. The summed E-state index contributed by atoms with van der Waals surface area (Å²) in [6.45, 7) is 4.35. The SMILES string of the molecule is CC1=C(C(=O)Nc2ccc(C)cc2)[C@H](c2cccc(OCc3ccccc3)c2)n2ncnc2N1. The molecule has 0 aliphatic carbocycles. The lowest BCUT2D eigenvalue weighted by Gasteiger charge is -2.29. The number of hydrogen-bond donors (Lipinski definition) is 2. The Labute approximate surface area is 198 Å². The highest BCUT2D eigenvalue weighted by atomic mass is 16.5. The van der Waals surface area contributed by atoms with Crippen molar-refractivity contribution in [1.82, 2.24) is 14.8 Å². The van der Waals surface area contributed by atoms with Crippen molar-refractivity contribution in [3.8, 4) is 5.75 Å². The molecule has 0 saturated carbocycles. The summed E-state index contributed by atoms with van der Waals surface area (Å²) in [4.78, 5) is 17.8. The van der Waals surface area contributed by atoms with Crippen LogP contribution in [0.5, 0.6) is 5.75 Å². The fourth-order valence-corrected chi connectivity index (χ4v) is 4.04. The lowest BCUT2D eigenvalue weighted by atomic mass is 9.94. The Morgan fingerprint density at radius 1 is 1.03 bits per heavy atom. The molecule has 3 aromatic carbocycles. The van der Waals surface area contributed by atoms with Crippen LogP contribution in [0.3, 0.4) is 0 Å². The van der Waals surface area contributed by atoms with Gasteiger partial charge < -0.3 is 15.4 Å². The van der Waals surface area contributed by atoms with Crippen molar-refractivity contribution in [3.05, 3.63) is 113 Å². The highest BCUT2D eigenvalue weighted by molar-refractivity contribution is 6.06. The van der Waals surface area contributed by atoms with Crippen molar-refractivity contribution in [2.75, 3.05) is 10.6 Å². The lowest BCUT2D eigenvalue weighted by Crippen LogP contribution is -2.31. The number of fused-ring (bicyclic) bond motifs is 1. The average molecular weight is 452 g/mol. The number of aryl methyl sites for hydroxylation is 1. The first kappa shape index (κ1) is 21.5. The highest BCUT2D eigenvalue weighted by Gasteiger charge is 2.33. The molecular weight excluding hydrogens is 426 g/mol. The van der Waals surface area contributed by atoms with E-state index in [0.717, 1.165) is 33.8 Å². The second-order valence-corrected chi connectivity index (χ2v) is 8.26. The number of ether oxygens (including phenoxy) is 1. The van der Waals surface area contributed by atoms with Gasteiger partial charge >= 0.3 is 0 Å². The Balaban J connectivity index is 1.46. The van der Waals surface area contributed by atoms with Crippen LogP contribution in [0.15, 0.2) is 96.5 Å². The molecule has 1 atom stereocenters. The van der Waals surface area contributed by atoms with Gasteiger partial charge in [0.05, 0.1) is 5.57 Å². The molecule has 0 bridgehead atoms. The first-order valence-corrected chi connectivity index (χ1v) is 11.1. The molecule has 4 aromatic rings. The van der Waals surface area contributed by atoms with E-state index in [0.29, 0.717) is 18.1 Å². The van der Waals surface area contributed by atoms with Crippen LogP contribution in [-0.4, -0.2) is 20.7 Å². The number of hydrogen-bond acceptors (Lipinski definition) is 5. The van der Waals surface area contributed by atoms with Crippen molar-refractivity contribution in [3.63, 3.8) is 0 Å². The topological polar surface area (TPSA) is 81.1 Å². The highest BCUT2D eigenvalue weighted by Crippen LogP contribution is 2.36. The third-order valence-electron chi connectivity index (χ3n) is 5.77. The number of carbonyl (C=O) groups excluding carboxylic acids is 1. The van der Waals surface area contributed by atoms with Gasteiger partial charge in [-0.05, 0) is 49.2 Å². The number of nitrogens with one attached hydrogen (secondary N) is 2. The normalized spacial score (nSPS) is 14.8. The smallest absolute Gasteiger partial charge is 0.255 e. The van der Waals surface area contributed by atoms with Crippen LogP contribution >= 0.6 is 0 Å². The Bertz CT molecular complexity index is 1340. The fourth-order valence-electron chi connectivity index (χ4n) is 4.04. The van der Waals surface area contributed by atoms with E-state index in [2.05, 4.69) is 20.7 Å². The Hall–Kier alpha value is -4.39. The van der Waals surface area contributed by atoms with Gasteiger partial charge in [0.25, 0.3) is 5.91 Å². The number of rotatable bonds is 6. The minimum absolute atomic E-state index is 0.199. The molecule has 2 N–H and O–H groups in total. The largest absolute Gasteiger partial charge is 0.489 e. The number of aromatic nitrogens is 3. The number of amides is 1. The van der Waals surface area contributed by atoms with E-state index < -0.39 is 6.04 Å². The number of benzene rings is 3. The first-order chi connectivity index (χ1) is 16.6. The molecule has 170 valence electrons. The molecule has 1 aliphatic rings. The zero-order valence-corrected chi connectivity index (χ0v) is 19.0. The summed E-state index contributed by atoms with van der Waals surface area (Å²) in [5.41, 5.74) is 5.13. The molecule has 1 aromatic heterocycles. The zero-order chi connectivity index (χ0) is 23.5. The number of anilines is 2. The van der Waals surface area contributed by atoms with Crippen molar-refractivity contribution in [2.45, 2.75) is 26.5 Å². The first-order valence-electron chi connectivity index (χ1n) is 11.1. The van der Waals surface area contributed by atoms with Gasteiger partial charge in [-0.25, -0.2) is 4.68 Å². The fraction of sp³-hybridized carbons (Fsp3) is 0.148. The molecule has 34 heavy (non-hydrogen) atoms. The van der Waals surface area contributed by atoms with E-state index in [-0.39, 0.29) is 5.91 Å². The van der Waals surface area contributed by atoms with E-state index in [4.69, 9.17) is 4.74 Å². The van der Waals surface area contributed by atoms with Crippen molar-refractivity contribution >= 4 is 17.5 Å². The number of nitrogens with zero attached hydrogens (tertiary/aromatic N) is 3. The van der Waals surface area contributed by atoms with Gasteiger partial charge in [-0.3, -0.25) is 4.79 Å². The van der Waals surface area contributed by atoms with Crippen LogP contribution in [0.25, 0.3) is 0 Å². The van der Waals surface area contributed by atoms with Crippen LogP contribution in [0.4, 0.5) is 11.6 Å². The van der Waals surface area contributed by atoms with Gasteiger partial charge in [-0.1, -0.05) is 60.2 Å². The van der Waals surface area contributed by atoms with E-state index >= 15 is 0 Å².